The van der Waals surface area contributed by atoms with Crippen molar-refractivity contribution in [3.05, 3.63) is 105 Å². The zero-order valence-electron chi connectivity index (χ0n) is 20.9. The van der Waals surface area contributed by atoms with Crippen LogP contribution in [-0.2, 0) is 21.5 Å². The standard InChI is InChI=1S/C30H30BrNO4/c1-5-36-24-8-6-7-19(17-24)18-32-26(20-9-13-22(14-10-20)30(2,3)4)25(28(34)29(32)35)27(33)21-11-15-23(31)16-12-21/h6-17,26,33H,5,18H2,1-4H3/b27-25-. The zero-order valence-corrected chi connectivity index (χ0v) is 22.5. The first-order valence-electron chi connectivity index (χ1n) is 12.0. The van der Waals surface area contributed by atoms with Crippen molar-refractivity contribution in [2.75, 3.05) is 6.61 Å². The SMILES string of the molecule is CCOc1cccc(CN2C(=O)C(=O)/C(=C(\O)c3ccc(Br)cc3)C2c2ccc(C(C)(C)C)cc2)c1. The van der Waals surface area contributed by atoms with Crippen LogP contribution in [0.2, 0.25) is 0 Å². The molecule has 3 aromatic carbocycles. The molecule has 0 spiro atoms. The molecule has 1 aliphatic heterocycles. The molecule has 4 rings (SSSR count). The van der Waals surface area contributed by atoms with Crippen molar-refractivity contribution >= 4 is 33.4 Å². The minimum absolute atomic E-state index is 0.0442. The Morgan fingerprint density at radius 1 is 1.00 bits per heavy atom. The van der Waals surface area contributed by atoms with Gasteiger partial charge in [-0.1, -0.05) is 85.2 Å². The fourth-order valence-corrected chi connectivity index (χ4v) is 4.68. The van der Waals surface area contributed by atoms with E-state index < -0.39 is 17.7 Å². The maximum Gasteiger partial charge on any atom is 0.295 e. The number of halogens is 1. The summed E-state index contributed by atoms with van der Waals surface area (Å²) in [6, 6.07) is 21.7. The summed E-state index contributed by atoms with van der Waals surface area (Å²) in [4.78, 5) is 28.2. The molecule has 6 heteroatoms. The Balaban J connectivity index is 1.83. The van der Waals surface area contributed by atoms with Gasteiger partial charge in [-0.05, 0) is 53.3 Å². The summed E-state index contributed by atoms with van der Waals surface area (Å²) in [5.74, 6) is -0.814. The molecule has 0 bridgehead atoms. The molecule has 0 saturated carbocycles. The van der Waals surface area contributed by atoms with E-state index in [1.807, 2.05) is 55.5 Å². The van der Waals surface area contributed by atoms with Crippen LogP contribution in [0.25, 0.3) is 5.76 Å². The summed E-state index contributed by atoms with van der Waals surface area (Å²) in [5.41, 5.74) is 3.26. The molecule has 0 aromatic heterocycles. The minimum Gasteiger partial charge on any atom is -0.507 e. The van der Waals surface area contributed by atoms with Crippen molar-refractivity contribution in [1.82, 2.24) is 4.90 Å². The van der Waals surface area contributed by atoms with Crippen molar-refractivity contribution < 1.29 is 19.4 Å². The maximum atomic E-state index is 13.3. The largest absolute Gasteiger partial charge is 0.507 e. The Morgan fingerprint density at radius 3 is 2.28 bits per heavy atom. The Morgan fingerprint density at radius 2 is 1.67 bits per heavy atom. The number of amides is 1. The van der Waals surface area contributed by atoms with Gasteiger partial charge in [-0.2, -0.15) is 0 Å². The summed E-state index contributed by atoms with van der Waals surface area (Å²) in [6.07, 6.45) is 0. The van der Waals surface area contributed by atoms with E-state index in [2.05, 4.69) is 36.7 Å². The topological polar surface area (TPSA) is 66.8 Å². The van der Waals surface area contributed by atoms with Gasteiger partial charge >= 0.3 is 0 Å². The lowest BCUT2D eigenvalue weighted by atomic mass is 9.85. The van der Waals surface area contributed by atoms with Crippen LogP contribution < -0.4 is 4.74 Å². The van der Waals surface area contributed by atoms with E-state index >= 15 is 0 Å². The lowest BCUT2D eigenvalue weighted by molar-refractivity contribution is -0.140. The fraction of sp³-hybridized carbons (Fsp3) is 0.267. The Hall–Kier alpha value is -3.38. The van der Waals surface area contributed by atoms with Gasteiger partial charge in [0.2, 0.25) is 0 Å². The quantitative estimate of drug-likeness (QED) is 0.210. The van der Waals surface area contributed by atoms with Gasteiger partial charge in [0.15, 0.2) is 0 Å². The first-order chi connectivity index (χ1) is 17.1. The molecular formula is C30H30BrNO4. The average molecular weight is 548 g/mol. The van der Waals surface area contributed by atoms with Crippen LogP contribution in [0.4, 0.5) is 0 Å². The van der Waals surface area contributed by atoms with E-state index in [0.29, 0.717) is 17.9 Å². The molecule has 36 heavy (non-hydrogen) atoms. The molecule has 5 nitrogen and oxygen atoms in total. The second kappa shape index (κ2) is 10.3. The zero-order chi connectivity index (χ0) is 26.0. The number of Topliss-reactive ketones (excluding diaryl/α,β-unsaturated/α-hetero) is 1. The Kier molecular flexibility index (Phi) is 7.36. The van der Waals surface area contributed by atoms with Crippen molar-refractivity contribution in [3.63, 3.8) is 0 Å². The van der Waals surface area contributed by atoms with Crippen LogP contribution in [0.3, 0.4) is 0 Å². The number of hydrogen-bond acceptors (Lipinski definition) is 4. The van der Waals surface area contributed by atoms with Gasteiger partial charge in [0, 0.05) is 16.6 Å². The van der Waals surface area contributed by atoms with E-state index in [1.165, 1.54) is 4.90 Å². The van der Waals surface area contributed by atoms with Gasteiger partial charge in [-0.15, -0.1) is 0 Å². The summed E-state index contributed by atoms with van der Waals surface area (Å²) >= 11 is 3.40. The molecule has 1 saturated heterocycles. The molecule has 186 valence electrons. The molecule has 3 aromatic rings. The Bertz CT molecular complexity index is 1300. The summed E-state index contributed by atoms with van der Waals surface area (Å²) in [6.45, 7) is 9.04. The van der Waals surface area contributed by atoms with E-state index in [4.69, 9.17) is 4.74 Å². The van der Waals surface area contributed by atoms with Crippen LogP contribution in [0.1, 0.15) is 56.0 Å². The smallest absolute Gasteiger partial charge is 0.295 e. The van der Waals surface area contributed by atoms with Gasteiger partial charge in [-0.3, -0.25) is 9.59 Å². The predicted octanol–water partition coefficient (Wildman–Crippen LogP) is 6.77. The number of aliphatic hydroxyl groups excluding tert-OH is 1. The number of aliphatic hydroxyl groups is 1. The third kappa shape index (κ3) is 5.24. The van der Waals surface area contributed by atoms with Crippen molar-refractivity contribution in [1.29, 1.82) is 0 Å². The predicted molar refractivity (Wildman–Crippen MR) is 145 cm³/mol. The molecular weight excluding hydrogens is 518 g/mol. The summed E-state index contributed by atoms with van der Waals surface area (Å²) in [5, 5.41) is 11.3. The van der Waals surface area contributed by atoms with Crippen LogP contribution in [0.5, 0.6) is 5.75 Å². The van der Waals surface area contributed by atoms with Gasteiger partial charge in [-0.25, -0.2) is 0 Å². The van der Waals surface area contributed by atoms with Crippen molar-refractivity contribution in [3.8, 4) is 5.75 Å². The normalized spacial score (nSPS) is 17.5. The van der Waals surface area contributed by atoms with E-state index in [0.717, 1.165) is 21.2 Å². The van der Waals surface area contributed by atoms with Crippen LogP contribution in [0, 0.1) is 0 Å². The number of carbonyl (C=O) groups excluding carboxylic acids is 2. The monoisotopic (exact) mass is 547 g/mol. The molecule has 1 amide bonds. The molecule has 1 fully saturated rings. The molecule has 1 atom stereocenters. The highest BCUT2D eigenvalue weighted by atomic mass is 79.9. The number of ether oxygens (including phenoxy) is 1. The van der Waals surface area contributed by atoms with E-state index in [1.54, 1.807) is 24.3 Å². The highest BCUT2D eigenvalue weighted by Gasteiger charge is 2.46. The van der Waals surface area contributed by atoms with Crippen LogP contribution in [-0.4, -0.2) is 28.3 Å². The lowest BCUT2D eigenvalue weighted by Gasteiger charge is -2.27. The molecule has 1 heterocycles. The first-order valence-corrected chi connectivity index (χ1v) is 12.8. The maximum absolute atomic E-state index is 13.3. The molecule has 0 radical (unpaired) electrons. The van der Waals surface area contributed by atoms with Crippen molar-refractivity contribution in [2.24, 2.45) is 0 Å². The van der Waals surface area contributed by atoms with Gasteiger partial charge < -0.3 is 14.7 Å². The fourth-order valence-electron chi connectivity index (χ4n) is 4.42. The minimum atomic E-state index is -0.724. The highest BCUT2D eigenvalue weighted by Crippen LogP contribution is 2.41. The third-order valence-corrected chi connectivity index (χ3v) is 6.84. The summed E-state index contributed by atoms with van der Waals surface area (Å²) < 4.78 is 6.47. The second-order valence-electron chi connectivity index (χ2n) is 9.89. The van der Waals surface area contributed by atoms with Gasteiger partial charge in [0.1, 0.15) is 11.5 Å². The molecule has 0 aliphatic carbocycles. The number of rotatable bonds is 6. The summed E-state index contributed by atoms with van der Waals surface area (Å²) in [7, 11) is 0. The molecule has 1 unspecified atom stereocenters. The number of benzene rings is 3. The molecule has 1 aliphatic rings. The Labute approximate surface area is 220 Å². The van der Waals surface area contributed by atoms with E-state index in [-0.39, 0.29) is 23.3 Å². The van der Waals surface area contributed by atoms with Gasteiger partial charge in [0.25, 0.3) is 11.7 Å². The number of likely N-dealkylation sites (tertiary alicyclic amines) is 1. The number of hydrogen-bond donors (Lipinski definition) is 1. The van der Waals surface area contributed by atoms with Crippen molar-refractivity contribution in [2.45, 2.75) is 45.7 Å². The average Bonchev–Trinajstić information content (AvgIpc) is 3.09. The highest BCUT2D eigenvalue weighted by molar-refractivity contribution is 9.10. The second-order valence-corrected chi connectivity index (χ2v) is 10.8. The number of nitrogens with zero attached hydrogens (tertiary/aromatic N) is 1. The van der Waals surface area contributed by atoms with Crippen LogP contribution in [0.15, 0.2) is 82.8 Å². The first kappa shape index (κ1) is 25.7. The van der Waals surface area contributed by atoms with E-state index in [9.17, 15) is 14.7 Å². The number of carbonyl (C=O) groups is 2. The van der Waals surface area contributed by atoms with Crippen LogP contribution >= 0.6 is 15.9 Å². The lowest BCUT2D eigenvalue weighted by Crippen LogP contribution is -2.29. The third-order valence-electron chi connectivity index (χ3n) is 6.31. The number of ketones is 1. The molecule has 1 N–H and O–H groups in total. The van der Waals surface area contributed by atoms with Gasteiger partial charge in [0.05, 0.1) is 18.2 Å².